The lowest BCUT2D eigenvalue weighted by atomic mass is 9.93. The van der Waals surface area contributed by atoms with Crippen molar-refractivity contribution in [2.24, 2.45) is 17.6 Å². The minimum absolute atomic E-state index is 0.392. The van der Waals surface area contributed by atoms with E-state index in [9.17, 15) is 4.79 Å². The molecule has 0 radical (unpaired) electrons. The molecule has 0 bridgehead atoms. The molecule has 0 saturated carbocycles. The molecule has 0 spiro atoms. The van der Waals surface area contributed by atoms with Crippen molar-refractivity contribution < 1.29 is 4.79 Å². The van der Waals surface area contributed by atoms with Gasteiger partial charge in [0, 0.05) is 12.8 Å². The molecule has 0 aromatic carbocycles. The highest BCUT2D eigenvalue weighted by atomic mass is 16.1. The van der Waals surface area contributed by atoms with Crippen LogP contribution in [0.15, 0.2) is 0 Å². The number of hydrogen-bond donors (Lipinski definition) is 1. The zero-order valence-electron chi connectivity index (χ0n) is 9.88. The van der Waals surface area contributed by atoms with Gasteiger partial charge < -0.3 is 5.73 Å². The Morgan fingerprint density at radius 3 is 2.36 bits per heavy atom. The van der Waals surface area contributed by atoms with Crippen molar-refractivity contribution in [3.63, 3.8) is 0 Å². The van der Waals surface area contributed by atoms with Gasteiger partial charge in [0.05, 0.1) is 0 Å². The van der Waals surface area contributed by atoms with Crippen molar-refractivity contribution >= 4 is 5.78 Å². The van der Waals surface area contributed by atoms with Crippen LogP contribution in [-0.4, -0.2) is 12.3 Å². The summed E-state index contributed by atoms with van der Waals surface area (Å²) in [6, 6.07) is 0. The quantitative estimate of drug-likeness (QED) is 0.653. The number of hydrogen-bond acceptors (Lipinski definition) is 2. The van der Waals surface area contributed by atoms with E-state index >= 15 is 0 Å². The van der Waals surface area contributed by atoms with E-state index in [1.807, 2.05) is 0 Å². The highest BCUT2D eigenvalue weighted by Gasteiger charge is 2.13. The normalized spacial score (nSPS) is 15.1. The molecule has 0 rings (SSSR count). The van der Waals surface area contributed by atoms with Crippen molar-refractivity contribution in [2.45, 2.75) is 52.9 Å². The van der Waals surface area contributed by atoms with E-state index in [2.05, 4.69) is 20.8 Å². The Balaban J connectivity index is 3.73. The lowest BCUT2D eigenvalue weighted by Gasteiger charge is -2.13. The molecule has 2 heteroatoms. The number of ketones is 1. The van der Waals surface area contributed by atoms with Crippen LogP contribution in [0.1, 0.15) is 52.9 Å². The van der Waals surface area contributed by atoms with Gasteiger partial charge in [-0.25, -0.2) is 0 Å². The van der Waals surface area contributed by atoms with Crippen LogP contribution in [-0.2, 0) is 4.79 Å². The first kappa shape index (κ1) is 13.6. The van der Waals surface area contributed by atoms with Crippen LogP contribution >= 0.6 is 0 Å². The van der Waals surface area contributed by atoms with Crippen molar-refractivity contribution in [1.82, 2.24) is 0 Å². The molecular weight excluding hydrogens is 174 g/mol. The summed E-state index contributed by atoms with van der Waals surface area (Å²) < 4.78 is 0. The van der Waals surface area contributed by atoms with Gasteiger partial charge in [-0.1, -0.05) is 40.0 Å². The summed E-state index contributed by atoms with van der Waals surface area (Å²) in [5.74, 6) is 1.34. The number of nitrogens with two attached hydrogens (primary N) is 1. The van der Waals surface area contributed by atoms with E-state index in [-0.39, 0.29) is 0 Å². The molecule has 2 unspecified atom stereocenters. The molecule has 0 aliphatic heterocycles. The molecule has 0 fully saturated rings. The van der Waals surface area contributed by atoms with E-state index in [1.165, 1.54) is 6.42 Å². The average Bonchev–Trinajstić information content (AvgIpc) is 2.14. The zero-order valence-corrected chi connectivity index (χ0v) is 9.88. The maximum absolute atomic E-state index is 11.6. The number of carbonyl (C=O) groups excluding carboxylic acids is 1. The molecule has 0 amide bonds. The smallest absolute Gasteiger partial charge is 0.133 e. The maximum Gasteiger partial charge on any atom is 0.133 e. The van der Waals surface area contributed by atoms with E-state index < -0.39 is 0 Å². The second kappa shape index (κ2) is 7.98. The average molecular weight is 199 g/mol. The fraction of sp³-hybridized carbons (Fsp3) is 0.917. The standard InChI is InChI=1S/C12H25NO/c1-4-6-10(3)7-12(14)8-11(5-2)9-13/h10-11H,4-9,13H2,1-3H3. The van der Waals surface area contributed by atoms with Crippen molar-refractivity contribution in [2.75, 3.05) is 6.54 Å². The van der Waals surface area contributed by atoms with Crippen molar-refractivity contribution in [3.8, 4) is 0 Å². The Morgan fingerprint density at radius 1 is 1.29 bits per heavy atom. The van der Waals surface area contributed by atoms with Gasteiger partial charge in [-0.3, -0.25) is 4.79 Å². The number of Topliss-reactive ketones (excluding diaryl/α,β-unsaturated/α-hetero) is 1. The molecule has 0 aliphatic rings. The van der Waals surface area contributed by atoms with Gasteiger partial charge in [-0.05, 0) is 18.4 Å². The van der Waals surface area contributed by atoms with E-state index in [0.717, 1.165) is 19.3 Å². The number of rotatable bonds is 8. The first-order valence-electron chi connectivity index (χ1n) is 5.85. The molecule has 0 aromatic heterocycles. The van der Waals surface area contributed by atoms with Crippen LogP contribution in [0.3, 0.4) is 0 Å². The molecule has 0 aromatic rings. The highest BCUT2D eigenvalue weighted by molar-refractivity contribution is 5.78. The highest BCUT2D eigenvalue weighted by Crippen LogP contribution is 2.15. The molecular formula is C12H25NO. The van der Waals surface area contributed by atoms with Gasteiger partial charge in [0.15, 0.2) is 0 Å². The first-order valence-corrected chi connectivity index (χ1v) is 5.85. The summed E-state index contributed by atoms with van der Waals surface area (Å²) in [6.07, 6.45) is 4.77. The summed E-state index contributed by atoms with van der Waals surface area (Å²) in [5.41, 5.74) is 5.57. The van der Waals surface area contributed by atoms with Gasteiger partial charge in [0.25, 0.3) is 0 Å². The third kappa shape index (κ3) is 6.14. The van der Waals surface area contributed by atoms with E-state index in [0.29, 0.717) is 30.6 Å². The molecule has 84 valence electrons. The Morgan fingerprint density at radius 2 is 1.93 bits per heavy atom. The van der Waals surface area contributed by atoms with Crippen LogP contribution in [0.4, 0.5) is 0 Å². The number of carbonyl (C=O) groups is 1. The molecule has 2 atom stereocenters. The maximum atomic E-state index is 11.6. The molecule has 2 nitrogen and oxygen atoms in total. The summed E-state index contributed by atoms with van der Waals surface area (Å²) in [5, 5.41) is 0. The third-order valence-corrected chi connectivity index (χ3v) is 2.78. The van der Waals surface area contributed by atoms with Gasteiger partial charge in [0.2, 0.25) is 0 Å². The summed E-state index contributed by atoms with van der Waals surface area (Å²) in [6.45, 7) is 7.06. The second-order valence-electron chi connectivity index (χ2n) is 4.35. The SMILES string of the molecule is CCCC(C)CC(=O)CC(CC)CN. The largest absolute Gasteiger partial charge is 0.330 e. The fourth-order valence-electron chi connectivity index (χ4n) is 1.78. The van der Waals surface area contributed by atoms with Gasteiger partial charge in [-0.15, -0.1) is 0 Å². The summed E-state index contributed by atoms with van der Waals surface area (Å²) >= 11 is 0. The second-order valence-corrected chi connectivity index (χ2v) is 4.35. The van der Waals surface area contributed by atoms with E-state index in [4.69, 9.17) is 5.73 Å². The first-order chi connectivity index (χ1) is 6.63. The topological polar surface area (TPSA) is 43.1 Å². The van der Waals surface area contributed by atoms with Gasteiger partial charge in [0.1, 0.15) is 5.78 Å². The summed E-state index contributed by atoms with van der Waals surface area (Å²) in [7, 11) is 0. The molecule has 14 heavy (non-hydrogen) atoms. The fourth-order valence-corrected chi connectivity index (χ4v) is 1.78. The minimum Gasteiger partial charge on any atom is -0.330 e. The van der Waals surface area contributed by atoms with Gasteiger partial charge >= 0.3 is 0 Å². The van der Waals surface area contributed by atoms with Crippen LogP contribution < -0.4 is 5.73 Å². The van der Waals surface area contributed by atoms with Crippen LogP contribution in [0.5, 0.6) is 0 Å². The third-order valence-electron chi connectivity index (χ3n) is 2.78. The van der Waals surface area contributed by atoms with Crippen molar-refractivity contribution in [1.29, 1.82) is 0 Å². The van der Waals surface area contributed by atoms with Gasteiger partial charge in [-0.2, -0.15) is 0 Å². The molecule has 0 aliphatic carbocycles. The monoisotopic (exact) mass is 199 g/mol. The van der Waals surface area contributed by atoms with E-state index in [1.54, 1.807) is 0 Å². The predicted molar refractivity (Wildman–Crippen MR) is 61.1 cm³/mol. The zero-order chi connectivity index (χ0) is 11.0. The van der Waals surface area contributed by atoms with Crippen molar-refractivity contribution in [3.05, 3.63) is 0 Å². The lowest BCUT2D eigenvalue weighted by molar-refractivity contribution is -0.120. The molecule has 0 saturated heterocycles. The van der Waals surface area contributed by atoms with Crippen LogP contribution in [0.25, 0.3) is 0 Å². The minimum atomic E-state index is 0.392. The molecule has 0 heterocycles. The Hall–Kier alpha value is -0.370. The molecule has 2 N–H and O–H groups in total. The van der Waals surface area contributed by atoms with Crippen LogP contribution in [0, 0.1) is 11.8 Å². The Labute approximate surface area is 88.3 Å². The Bertz CT molecular complexity index is 152. The Kier molecular flexibility index (Phi) is 7.77. The lowest BCUT2D eigenvalue weighted by Crippen LogP contribution is -2.18. The summed E-state index contributed by atoms with van der Waals surface area (Å²) in [4.78, 5) is 11.6. The predicted octanol–water partition coefficient (Wildman–Crippen LogP) is 2.76. The van der Waals surface area contributed by atoms with Crippen LogP contribution in [0.2, 0.25) is 0 Å².